The standard InChI is InChI=1S/C10H18O2/c1-12-8-4-6-9-5-2-3-7-10(9)11/h9H,2-8H2,1H3. The minimum Gasteiger partial charge on any atom is -0.385 e. The van der Waals surface area contributed by atoms with E-state index in [1.54, 1.807) is 7.11 Å². The number of hydrogen-bond acceptors (Lipinski definition) is 2. The third-order valence-electron chi connectivity index (χ3n) is 2.58. The molecular weight excluding hydrogens is 152 g/mol. The molecule has 1 saturated carbocycles. The van der Waals surface area contributed by atoms with Crippen LogP contribution in [0, 0.1) is 5.92 Å². The van der Waals surface area contributed by atoms with Crippen LogP contribution in [0.3, 0.4) is 0 Å². The lowest BCUT2D eigenvalue weighted by molar-refractivity contribution is -0.124. The lowest BCUT2D eigenvalue weighted by Crippen LogP contribution is -2.19. The second-order valence-electron chi connectivity index (χ2n) is 3.54. The van der Waals surface area contributed by atoms with Crippen LogP contribution >= 0.6 is 0 Å². The fourth-order valence-electron chi connectivity index (χ4n) is 1.83. The molecule has 0 saturated heterocycles. The van der Waals surface area contributed by atoms with Crippen molar-refractivity contribution in [3.8, 4) is 0 Å². The first-order valence-corrected chi connectivity index (χ1v) is 4.86. The van der Waals surface area contributed by atoms with Crippen LogP contribution in [0.1, 0.15) is 38.5 Å². The van der Waals surface area contributed by atoms with Gasteiger partial charge in [0.25, 0.3) is 0 Å². The topological polar surface area (TPSA) is 26.3 Å². The number of ketones is 1. The first-order valence-electron chi connectivity index (χ1n) is 4.86. The van der Waals surface area contributed by atoms with Crippen LogP contribution in [0.4, 0.5) is 0 Å². The summed E-state index contributed by atoms with van der Waals surface area (Å²) in [6, 6.07) is 0. The highest BCUT2D eigenvalue weighted by molar-refractivity contribution is 5.81. The van der Waals surface area contributed by atoms with Crippen LogP contribution in [0.2, 0.25) is 0 Å². The van der Waals surface area contributed by atoms with E-state index in [0.717, 1.165) is 38.7 Å². The lowest BCUT2D eigenvalue weighted by atomic mass is 9.85. The molecule has 70 valence electrons. The molecule has 0 spiro atoms. The van der Waals surface area contributed by atoms with Gasteiger partial charge in [0, 0.05) is 26.1 Å². The third kappa shape index (κ3) is 2.94. The van der Waals surface area contributed by atoms with Gasteiger partial charge in [0.2, 0.25) is 0 Å². The molecule has 12 heavy (non-hydrogen) atoms. The summed E-state index contributed by atoms with van der Waals surface area (Å²) in [5, 5.41) is 0. The molecule has 0 bridgehead atoms. The molecule has 0 aliphatic heterocycles. The summed E-state index contributed by atoms with van der Waals surface area (Å²) in [5.74, 6) is 0.839. The van der Waals surface area contributed by atoms with Gasteiger partial charge in [-0.1, -0.05) is 6.42 Å². The molecule has 1 rings (SSSR count). The molecule has 0 aromatic heterocycles. The SMILES string of the molecule is COCCCC1CCCCC1=O. The first-order chi connectivity index (χ1) is 5.84. The minimum atomic E-state index is 0.355. The van der Waals surface area contributed by atoms with E-state index in [-0.39, 0.29) is 0 Å². The Kier molecular flexibility index (Phi) is 4.30. The van der Waals surface area contributed by atoms with Crippen LogP contribution in [0.5, 0.6) is 0 Å². The summed E-state index contributed by atoms with van der Waals surface area (Å²) < 4.78 is 4.96. The molecule has 0 aromatic carbocycles. The maximum atomic E-state index is 11.3. The smallest absolute Gasteiger partial charge is 0.135 e. The van der Waals surface area contributed by atoms with E-state index in [4.69, 9.17) is 4.74 Å². The van der Waals surface area contributed by atoms with Gasteiger partial charge in [-0.3, -0.25) is 4.79 Å². The summed E-state index contributed by atoms with van der Waals surface area (Å²) in [6.45, 7) is 0.795. The Hall–Kier alpha value is -0.370. The van der Waals surface area contributed by atoms with Gasteiger partial charge in [-0.2, -0.15) is 0 Å². The molecule has 0 aromatic rings. The number of carbonyl (C=O) groups excluding carboxylic acids is 1. The molecule has 1 atom stereocenters. The summed E-state index contributed by atoms with van der Waals surface area (Å²) in [5.41, 5.74) is 0. The maximum Gasteiger partial charge on any atom is 0.135 e. The second kappa shape index (κ2) is 5.31. The van der Waals surface area contributed by atoms with Gasteiger partial charge in [0.15, 0.2) is 0 Å². The molecule has 0 amide bonds. The van der Waals surface area contributed by atoms with Crippen molar-refractivity contribution in [1.82, 2.24) is 0 Å². The highest BCUT2D eigenvalue weighted by atomic mass is 16.5. The Labute approximate surface area is 74.3 Å². The zero-order valence-corrected chi connectivity index (χ0v) is 7.84. The van der Waals surface area contributed by atoms with Gasteiger partial charge in [-0.25, -0.2) is 0 Å². The van der Waals surface area contributed by atoms with Crippen LogP contribution in [-0.2, 0) is 9.53 Å². The Bertz CT molecular complexity index is 143. The van der Waals surface area contributed by atoms with Gasteiger partial charge in [0.05, 0.1) is 0 Å². The normalized spacial score (nSPS) is 24.4. The van der Waals surface area contributed by atoms with Gasteiger partial charge in [0.1, 0.15) is 5.78 Å². The van der Waals surface area contributed by atoms with E-state index < -0.39 is 0 Å². The highest BCUT2D eigenvalue weighted by Gasteiger charge is 2.20. The third-order valence-corrected chi connectivity index (χ3v) is 2.58. The first kappa shape index (κ1) is 9.72. The minimum absolute atomic E-state index is 0.355. The number of ether oxygens (including phenoxy) is 1. The summed E-state index contributed by atoms with van der Waals surface area (Å²) in [4.78, 5) is 11.3. The van der Waals surface area contributed by atoms with E-state index in [2.05, 4.69) is 0 Å². The van der Waals surface area contributed by atoms with E-state index in [0.29, 0.717) is 11.7 Å². The van der Waals surface area contributed by atoms with E-state index in [1.165, 1.54) is 6.42 Å². The zero-order valence-electron chi connectivity index (χ0n) is 7.84. The van der Waals surface area contributed by atoms with Gasteiger partial charge >= 0.3 is 0 Å². The number of carbonyl (C=O) groups is 1. The highest BCUT2D eigenvalue weighted by Crippen LogP contribution is 2.24. The fourth-order valence-corrected chi connectivity index (χ4v) is 1.83. The average molecular weight is 170 g/mol. The molecule has 1 aliphatic carbocycles. The zero-order chi connectivity index (χ0) is 8.81. The fraction of sp³-hybridized carbons (Fsp3) is 0.900. The monoisotopic (exact) mass is 170 g/mol. The van der Waals surface area contributed by atoms with E-state index in [9.17, 15) is 4.79 Å². The predicted molar refractivity (Wildman–Crippen MR) is 48.1 cm³/mol. The van der Waals surface area contributed by atoms with Crippen LogP contribution in [0.25, 0.3) is 0 Å². The van der Waals surface area contributed by atoms with Crippen molar-refractivity contribution in [3.63, 3.8) is 0 Å². The van der Waals surface area contributed by atoms with Crippen LogP contribution < -0.4 is 0 Å². The molecule has 1 unspecified atom stereocenters. The molecular formula is C10H18O2. The number of methoxy groups -OCH3 is 1. The molecule has 1 fully saturated rings. The summed E-state index contributed by atoms with van der Waals surface area (Å²) in [6.07, 6.45) is 6.35. The van der Waals surface area contributed by atoms with E-state index >= 15 is 0 Å². The van der Waals surface area contributed by atoms with Crippen LogP contribution in [-0.4, -0.2) is 19.5 Å². The molecule has 0 N–H and O–H groups in total. The Morgan fingerprint density at radius 1 is 1.50 bits per heavy atom. The Morgan fingerprint density at radius 2 is 2.33 bits per heavy atom. The van der Waals surface area contributed by atoms with Crippen molar-refractivity contribution in [2.75, 3.05) is 13.7 Å². The van der Waals surface area contributed by atoms with Gasteiger partial charge in [-0.15, -0.1) is 0 Å². The van der Waals surface area contributed by atoms with Crippen molar-refractivity contribution in [2.45, 2.75) is 38.5 Å². The van der Waals surface area contributed by atoms with Gasteiger partial charge in [-0.05, 0) is 25.7 Å². The Morgan fingerprint density at radius 3 is 3.00 bits per heavy atom. The molecule has 0 heterocycles. The van der Waals surface area contributed by atoms with Crippen LogP contribution in [0.15, 0.2) is 0 Å². The van der Waals surface area contributed by atoms with Gasteiger partial charge < -0.3 is 4.74 Å². The Balaban J connectivity index is 2.16. The van der Waals surface area contributed by atoms with Crippen molar-refractivity contribution < 1.29 is 9.53 Å². The quantitative estimate of drug-likeness (QED) is 0.604. The molecule has 0 radical (unpaired) electrons. The lowest BCUT2D eigenvalue weighted by Gasteiger charge is -2.19. The molecule has 2 nitrogen and oxygen atoms in total. The summed E-state index contributed by atoms with van der Waals surface area (Å²) >= 11 is 0. The maximum absolute atomic E-state index is 11.3. The second-order valence-corrected chi connectivity index (χ2v) is 3.54. The molecule has 2 heteroatoms. The summed E-state index contributed by atoms with van der Waals surface area (Å²) in [7, 11) is 1.71. The molecule has 1 aliphatic rings. The predicted octanol–water partition coefficient (Wildman–Crippen LogP) is 2.17. The van der Waals surface area contributed by atoms with Crippen molar-refractivity contribution >= 4 is 5.78 Å². The largest absolute Gasteiger partial charge is 0.385 e. The van der Waals surface area contributed by atoms with Crippen molar-refractivity contribution in [2.24, 2.45) is 5.92 Å². The van der Waals surface area contributed by atoms with Crippen molar-refractivity contribution in [1.29, 1.82) is 0 Å². The average Bonchev–Trinajstić information content (AvgIpc) is 2.09. The number of rotatable bonds is 4. The number of Topliss-reactive ketones (excluding diaryl/α,β-unsaturated/α-hetero) is 1. The van der Waals surface area contributed by atoms with Crippen molar-refractivity contribution in [3.05, 3.63) is 0 Å². The number of hydrogen-bond donors (Lipinski definition) is 0. The van der Waals surface area contributed by atoms with E-state index in [1.807, 2.05) is 0 Å².